The van der Waals surface area contributed by atoms with Crippen molar-refractivity contribution in [3.63, 3.8) is 0 Å². The van der Waals surface area contributed by atoms with Gasteiger partial charge in [-0.1, -0.05) is 12.1 Å². The van der Waals surface area contributed by atoms with E-state index in [1.165, 1.54) is 12.1 Å². The first-order chi connectivity index (χ1) is 9.58. The molecule has 0 fully saturated rings. The molecular formula is C15H19FN2O2. The van der Waals surface area contributed by atoms with Crippen molar-refractivity contribution >= 4 is 0 Å². The molecule has 0 spiro atoms. The van der Waals surface area contributed by atoms with Crippen molar-refractivity contribution in [1.29, 1.82) is 0 Å². The molecule has 0 amide bonds. The van der Waals surface area contributed by atoms with Crippen LogP contribution in [0.4, 0.5) is 4.39 Å². The van der Waals surface area contributed by atoms with Crippen LogP contribution in [-0.4, -0.2) is 11.2 Å². The highest BCUT2D eigenvalue weighted by molar-refractivity contribution is 5.34. The highest BCUT2D eigenvalue weighted by atomic mass is 19.1. The van der Waals surface area contributed by atoms with Gasteiger partial charge in [-0.2, -0.15) is 0 Å². The third-order valence-corrected chi connectivity index (χ3v) is 3.08. The summed E-state index contributed by atoms with van der Waals surface area (Å²) in [4.78, 5) is 0. The van der Waals surface area contributed by atoms with Crippen LogP contribution < -0.4 is 10.5 Å². The molecule has 4 nitrogen and oxygen atoms in total. The van der Waals surface area contributed by atoms with Gasteiger partial charge in [0.2, 0.25) is 0 Å². The molecular weight excluding hydrogens is 259 g/mol. The van der Waals surface area contributed by atoms with Crippen molar-refractivity contribution in [3.8, 4) is 5.75 Å². The molecule has 5 heteroatoms. The van der Waals surface area contributed by atoms with Crippen LogP contribution in [0.1, 0.15) is 30.4 Å². The Kier molecular flexibility index (Phi) is 4.74. The van der Waals surface area contributed by atoms with Crippen LogP contribution in [0, 0.1) is 12.7 Å². The Balaban J connectivity index is 2.09. The second-order valence-electron chi connectivity index (χ2n) is 4.85. The van der Waals surface area contributed by atoms with Crippen molar-refractivity contribution in [1.82, 2.24) is 5.16 Å². The fraction of sp³-hybridized carbons (Fsp3) is 0.400. The van der Waals surface area contributed by atoms with Crippen LogP contribution in [0.5, 0.6) is 5.75 Å². The molecule has 0 aliphatic heterocycles. The zero-order chi connectivity index (χ0) is 14.5. The molecule has 0 bridgehead atoms. The van der Waals surface area contributed by atoms with Crippen LogP contribution in [0.3, 0.4) is 0 Å². The average molecular weight is 278 g/mol. The number of ether oxygens (including phenoxy) is 1. The maximum absolute atomic E-state index is 13.3. The molecule has 108 valence electrons. The average Bonchev–Trinajstić information content (AvgIpc) is 2.83. The van der Waals surface area contributed by atoms with E-state index in [9.17, 15) is 4.39 Å². The van der Waals surface area contributed by atoms with Crippen molar-refractivity contribution in [3.05, 3.63) is 47.1 Å². The van der Waals surface area contributed by atoms with Crippen molar-refractivity contribution in [2.45, 2.75) is 39.3 Å². The lowest BCUT2D eigenvalue weighted by molar-refractivity contribution is 0.246. The molecule has 20 heavy (non-hydrogen) atoms. The van der Waals surface area contributed by atoms with Crippen molar-refractivity contribution in [2.24, 2.45) is 5.73 Å². The van der Waals surface area contributed by atoms with Gasteiger partial charge < -0.3 is 15.0 Å². The Morgan fingerprint density at radius 1 is 1.40 bits per heavy atom. The number of rotatable bonds is 6. The normalized spacial score (nSPS) is 12.4. The summed E-state index contributed by atoms with van der Waals surface area (Å²) in [7, 11) is 0. The molecule has 1 aromatic carbocycles. The fourth-order valence-electron chi connectivity index (χ4n) is 1.91. The van der Waals surface area contributed by atoms with Gasteiger partial charge in [-0.05, 0) is 43.5 Å². The van der Waals surface area contributed by atoms with E-state index < -0.39 is 0 Å². The second-order valence-corrected chi connectivity index (χ2v) is 4.85. The number of hydrogen-bond donors (Lipinski definition) is 1. The largest absolute Gasteiger partial charge is 0.485 e. The molecule has 0 saturated carbocycles. The van der Waals surface area contributed by atoms with Gasteiger partial charge in [0.05, 0.1) is 5.69 Å². The van der Waals surface area contributed by atoms with E-state index in [1.54, 1.807) is 12.1 Å². The molecule has 0 radical (unpaired) electrons. The van der Waals surface area contributed by atoms with E-state index in [2.05, 4.69) is 5.16 Å². The summed E-state index contributed by atoms with van der Waals surface area (Å²) in [5.41, 5.74) is 7.50. The smallest absolute Gasteiger partial charge is 0.174 e. The lowest BCUT2D eigenvalue weighted by atomic mass is 10.0. The van der Waals surface area contributed by atoms with Crippen LogP contribution in [0.25, 0.3) is 0 Å². The summed E-state index contributed by atoms with van der Waals surface area (Å²) in [6.45, 7) is 4.11. The minimum atomic E-state index is -0.286. The lowest BCUT2D eigenvalue weighted by Crippen LogP contribution is -2.21. The highest BCUT2D eigenvalue weighted by Crippen LogP contribution is 2.23. The first-order valence-corrected chi connectivity index (χ1v) is 6.67. The maximum Gasteiger partial charge on any atom is 0.174 e. The Morgan fingerprint density at radius 2 is 2.20 bits per heavy atom. The van der Waals surface area contributed by atoms with Gasteiger partial charge in [0.1, 0.15) is 18.2 Å². The summed E-state index contributed by atoms with van der Waals surface area (Å²) < 4.78 is 24.1. The zero-order valence-electron chi connectivity index (χ0n) is 11.7. The number of benzene rings is 1. The van der Waals surface area contributed by atoms with Gasteiger partial charge in [-0.25, -0.2) is 4.39 Å². The van der Waals surface area contributed by atoms with E-state index in [0.29, 0.717) is 17.9 Å². The SMILES string of the molecule is CCC(N)Cc1cc(F)ccc1OCc1cc(C)no1. The predicted octanol–water partition coefficient (Wildman–Crippen LogP) is 2.98. The van der Waals surface area contributed by atoms with Crippen molar-refractivity contribution in [2.75, 3.05) is 0 Å². The molecule has 1 aromatic heterocycles. The van der Waals surface area contributed by atoms with E-state index in [1.807, 2.05) is 13.8 Å². The minimum absolute atomic E-state index is 0.00771. The number of halogens is 1. The van der Waals surface area contributed by atoms with E-state index >= 15 is 0 Å². The van der Waals surface area contributed by atoms with Crippen LogP contribution in [-0.2, 0) is 13.0 Å². The Morgan fingerprint density at radius 3 is 2.85 bits per heavy atom. The topological polar surface area (TPSA) is 61.3 Å². The quantitative estimate of drug-likeness (QED) is 0.882. The highest BCUT2D eigenvalue weighted by Gasteiger charge is 2.10. The molecule has 1 atom stereocenters. The maximum atomic E-state index is 13.3. The lowest BCUT2D eigenvalue weighted by Gasteiger charge is -2.13. The van der Waals surface area contributed by atoms with Gasteiger partial charge in [0.25, 0.3) is 0 Å². The van der Waals surface area contributed by atoms with Gasteiger partial charge in [-0.15, -0.1) is 0 Å². The van der Waals surface area contributed by atoms with Crippen LogP contribution in [0.15, 0.2) is 28.8 Å². The first-order valence-electron chi connectivity index (χ1n) is 6.67. The van der Waals surface area contributed by atoms with E-state index in [0.717, 1.165) is 17.7 Å². The Hall–Kier alpha value is -1.88. The number of hydrogen-bond acceptors (Lipinski definition) is 4. The van der Waals surface area contributed by atoms with Gasteiger partial charge >= 0.3 is 0 Å². The molecule has 0 aliphatic rings. The van der Waals surface area contributed by atoms with Gasteiger partial charge in [0, 0.05) is 12.1 Å². The van der Waals surface area contributed by atoms with Crippen molar-refractivity contribution < 1.29 is 13.7 Å². The van der Waals surface area contributed by atoms with Gasteiger partial charge in [0.15, 0.2) is 5.76 Å². The number of aryl methyl sites for hydroxylation is 1. The number of nitrogens with two attached hydrogens (primary N) is 1. The fourth-order valence-corrected chi connectivity index (χ4v) is 1.91. The number of nitrogens with zero attached hydrogens (tertiary/aromatic N) is 1. The summed E-state index contributed by atoms with van der Waals surface area (Å²) in [5, 5.41) is 3.79. The first kappa shape index (κ1) is 14.5. The van der Waals surface area contributed by atoms with E-state index in [-0.39, 0.29) is 18.5 Å². The molecule has 2 aromatic rings. The summed E-state index contributed by atoms with van der Waals surface area (Å²) in [6, 6.07) is 6.27. The van der Waals surface area contributed by atoms with Crippen LogP contribution in [0.2, 0.25) is 0 Å². The molecule has 0 saturated heterocycles. The molecule has 0 aliphatic carbocycles. The predicted molar refractivity (Wildman–Crippen MR) is 73.9 cm³/mol. The number of aromatic nitrogens is 1. The van der Waals surface area contributed by atoms with Crippen LogP contribution >= 0.6 is 0 Å². The third kappa shape index (κ3) is 3.81. The molecule has 1 unspecified atom stereocenters. The molecule has 1 heterocycles. The Bertz CT molecular complexity index is 569. The summed E-state index contributed by atoms with van der Waals surface area (Å²) >= 11 is 0. The monoisotopic (exact) mass is 278 g/mol. The Labute approximate surface area is 117 Å². The standard InChI is InChI=1S/C15H19FN2O2/c1-3-13(17)8-11-7-12(16)4-5-15(11)19-9-14-6-10(2)18-20-14/h4-7,13H,3,8-9,17H2,1-2H3. The third-order valence-electron chi connectivity index (χ3n) is 3.08. The molecule has 2 rings (SSSR count). The second kappa shape index (κ2) is 6.52. The zero-order valence-corrected chi connectivity index (χ0v) is 11.7. The summed E-state index contributed by atoms with van der Waals surface area (Å²) in [5.74, 6) is 0.980. The minimum Gasteiger partial charge on any atom is -0.485 e. The summed E-state index contributed by atoms with van der Waals surface area (Å²) in [6.07, 6.45) is 1.41. The van der Waals surface area contributed by atoms with Gasteiger partial charge in [-0.3, -0.25) is 0 Å². The molecule has 2 N–H and O–H groups in total. The van der Waals surface area contributed by atoms with E-state index in [4.69, 9.17) is 15.0 Å².